The summed E-state index contributed by atoms with van der Waals surface area (Å²) in [5.74, 6) is 0. The Morgan fingerprint density at radius 1 is 1.43 bits per heavy atom. The van der Waals surface area contributed by atoms with Gasteiger partial charge in [-0.05, 0) is 24.1 Å². The maximum absolute atomic E-state index is 12.4. The molecule has 1 nitrogen and oxygen atoms in total. The Bertz CT molecular complexity index is 294. The second-order valence-electron chi connectivity index (χ2n) is 2.82. The van der Waals surface area contributed by atoms with E-state index in [4.69, 9.17) is 4.74 Å². The van der Waals surface area contributed by atoms with Gasteiger partial charge in [0.15, 0.2) is 0 Å². The summed E-state index contributed by atoms with van der Waals surface area (Å²) >= 11 is 0. The molecule has 1 aromatic carbocycles. The molecule has 14 heavy (non-hydrogen) atoms. The van der Waals surface area contributed by atoms with Crippen molar-refractivity contribution >= 4 is 0 Å². The van der Waals surface area contributed by atoms with Gasteiger partial charge in [0.2, 0.25) is 0 Å². The van der Waals surface area contributed by atoms with Gasteiger partial charge in [-0.25, -0.2) is 0 Å². The molecule has 0 spiro atoms. The molecule has 0 aromatic heterocycles. The summed E-state index contributed by atoms with van der Waals surface area (Å²) in [6.07, 6.45) is -4.04. The van der Waals surface area contributed by atoms with Crippen LogP contribution in [0.5, 0.6) is 0 Å². The summed E-state index contributed by atoms with van der Waals surface area (Å²) in [5, 5.41) is 0. The summed E-state index contributed by atoms with van der Waals surface area (Å²) in [4.78, 5) is 0. The fourth-order valence-corrected chi connectivity index (χ4v) is 1.16. The molecular weight excluding hydrogens is 193 g/mol. The Labute approximate surface area is 80.5 Å². The van der Waals surface area contributed by atoms with Crippen LogP contribution in [0.1, 0.15) is 11.1 Å². The van der Waals surface area contributed by atoms with E-state index < -0.39 is 11.7 Å². The van der Waals surface area contributed by atoms with E-state index in [1.807, 2.05) is 0 Å². The number of methoxy groups -OCH3 is 1. The predicted octanol–water partition coefficient (Wildman–Crippen LogP) is 2.69. The predicted molar refractivity (Wildman–Crippen MR) is 45.9 cm³/mol. The van der Waals surface area contributed by atoms with Crippen molar-refractivity contribution < 1.29 is 17.9 Å². The smallest absolute Gasteiger partial charge is 0.384 e. The normalized spacial score (nSPS) is 11.7. The van der Waals surface area contributed by atoms with Crippen molar-refractivity contribution in [2.75, 3.05) is 13.7 Å². The molecule has 1 rings (SSSR count). The lowest BCUT2D eigenvalue weighted by atomic mass is 10.0. The summed E-state index contributed by atoms with van der Waals surface area (Å²) in [6, 6.07) is 6.28. The first-order valence-electron chi connectivity index (χ1n) is 4.11. The van der Waals surface area contributed by atoms with E-state index in [-0.39, 0.29) is 18.6 Å². The molecule has 0 aliphatic rings. The third kappa shape index (κ3) is 2.73. The van der Waals surface area contributed by atoms with Gasteiger partial charge in [-0.3, -0.25) is 0 Å². The summed E-state index contributed by atoms with van der Waals surface area (Å²) in [7, 11) is 1.46. The van der Waals surface area contributed by atoms with Gasteiger partial charge in [0.1, 0.15) is 0 Å². The summed E-state index contributed by atoms with van der Waals surface area (Å²) in [5.41, 5.74) is -0.379. The molecular formula is C10H10F3O. The van der Waals surface area contributed by atoms with Crippen molar-refractivity contribution in [1.82, 2.24) is 0 Å². The zero-order chi connectivity index (χ0) is 10.6. The minimum atomic E-state index is -4.30. The minimum absolute atomic E-state index is 0.248. The van der Waals surface area contributed by atoms with Crippen molar-refractivity contribution in [3.05, 3.63) is 35.4 Å². The Balaban J connectivity index is 2.92. The summed E-state index contributed by atoms with van der Waals surface area (Å²) in [6.45, 7) is 0.285. The Kier molecular flexibility index (Phi) is 3.52. The third-order valence-electron chi connectivity index (χ3n) is 1.84. The molecule has 0 heterocycles. The topological polar surface area (TPSA) is 9.23 Å². The molecule has 0 fully saturated rings. The first kappa shape index (κ1) is 11.0. The van der Waals surface area contributed by atoms with Crippen LogP contribution in [0.25, 0.3) is 0 Å². The third-order valence-corrected chi connectivity index (χ3v) is 1.84. The van der Waals surface area contributed by atoms with Crippen LogP contribution in [0, 0.1) is 6.07 Å². The van der Waals surface area contributed by atoms with Crippen LogP contribution < -0.4 is 0 Å². The standard InChI is InChI=1S/C10H10F3O/c1-14-7-6-8-4-2-3-5-9(8)10(11,12)13/h2,4-5H,6-7H2,1H3. The second kappa shape index (κ2) is 4.46. The van der Waals surface area contributed by atoms with Crippen molar-refractivity contribution in [3.63, 3.8) is 0 Å². The molecule has 0 amide bonds. The van der Waals surface area contributed by atoms with Crippen molar-refractivity contribution in [3.8, 4) is 0 Å². The van der Waals surface area contributed by atoms with Crippen LogP contribution in [0.4, 0.5) is 13.2 Å². The minimum Gasteiger partial charge on any atom is -0.384 e. The number of benzene rings is 1. The Morgan fingerprint density at radius 2 is 2.14 bits per heavy atom. The van der Waals surface area contributed by atoms with Crippen LogP contribution in [-0.4, -0.2) is 13.7 Å². The van der Waals surface area contributed by atoms with E-state index >= 15 is 0 Å². The van der Waals surface area contributed by atoms with Gasteiger partial charge < -0.3 is 4.74 Å². The number of rotatable bonds is 3. The molecule has 0 saturated heterocycles. The van der Waals surface area contributed by atoms with Crippen LogP contribution >= 0.6 is 0 Å². The zero-order valence-electron chi connectivity index (χ0n) is 7.69. The molecule has 0 aliphatic carbocycles. The fraction of sp³-hybridized carbons (Fsp3) is 0.400. The molecule has 0 atom stereocenters. The van der Waals surface area contributed by atoms with Gasteiger partial charge in [0.05, 0.1) is 12.2 Å². The van der Waals surface area contributed by atoms with Gasteiger partial charge in [0.25, 0.3) is 0 Å². The molecule has 0 aliphatic heterocycles. The van der Waals surface area contributed by atoms with Crippen molar-refractivity contribution in [2.24, 2.45) is 0 Å². The van der Waals surface area contributed by atoms with Crippen LogP contribution in [0.3, 0.4) is 0 Å². The van der Waals surface area contributed by atoms with Gasteiger partial charge in [0, 0.05) is 7.11 Å². The van der Waals surface area contributed by atoms with Gasteiger partial charge in [-0.2, -0.15) is 13.2 Å². The number of hydrogen-bond acceptors (Lipinski definition) is 1. The van der Waals surface area contributed by atoms with E-state index in [0.717, 1.165) is 6.07 Å². The highest BCUT2D eigenvalue weighted by Gasteiger charge is 2.32. The molecule has 1 radical (unpaired) electrons. The monoisotopic (exact) mass is 203 g/mol. The lowest BCUT2D eigenvalue weighted by molar-refractivity contribution is -0.138. The maximum Gasteiger partial charge on any atom is 0.416 e. The van der Waals surface area contributed by atoms with E-state index in [9.17, 15) is 13.2 Å². The molecule has 1 aromatic rings. The van der Waals surface area contributed by atoms with Crippen LogP contribution in [0.15, 0.2) is 18.2 Å². The average molecular weight is 203 g/mol. The van der Waals surface area contributed by atoms with Crippen molar-refractivity contribution in [1.29, 1.82) is 0 Å². The highest BCUT2D eigenvalue weighted by molar-refractivity contribution is 5.29. The lowest BCUT2D eigenvalue weighted by Gasteiger charge is -2.11. The molecule has 0 unspecified atom stereocenters. The number of halogens is 3. The van der Waals surface area contributed by atoms with E-state index in [2.05, 4.69) is 6.07 Å². The first-order chi connectivity index (χ1) is 6.55. The van der Waals surface area contributed by atoms with Gasteiger partial charge in [-0.1, -0.05) is 12.1 Å². The second-order valence-corrected chi connectivity index (χ2v) is 2.82. The molecule has 0 N–H and O–H groups in total. The van der Waals surface area contributed by atoms with Crippen LogP contribution in [0.2, 0.25) is 0 Å². The van der Waals surface area contributed by atoms with E-state index in [1.165, 1.54) is 19.2 Å². The van der Waals surface area contributed by atoms with E-state index in [0.29, 0.717) is 0 Å². The molecule has 77 valence electrons. The maximum atomic E-state index is 12.4. The SMILES string of the molecule is COCCc1cc[c]cc1C(F)(F)F. The molecule has 4 heteroatoms. The Morgan fingerprint density at radius 3 is 2.71 bits per heavy atom. The van der Waals surface area contributed by atoms with Gasteiger partial charge in [-0.15, -0.1) is 0 Å². The summed E-state index contributed by atoms with van der Waals surface area (Å²) < 4.78 is 42.0. The van der Waals surface area contributed by atoms with E-state index in [1.54, 1.807) is 0 Å². The van der Waals surface area contributed by atoms with Gasteiger partial charge >= 0.3 is 6.18 Å². The molecule has 0 bridgehead atoms. The number of alkyl halides is 3. The fourth-order valence-electron chi connectivity index (χ4n) is 1.16. The quantitative estimate of drug-likeness (QED) is 0.733. The average Bonchev–Trinajstić information content (AvgIpc) is 2.14. The number of hydrogen-bond donors (Lipinski definition) is 0. The highest BCUT2D eigenvalue weighted by Crippen LogP contribution is 2.31. The lowest BCUT2D eigenvalue weighted by Crippen LogP contribution is -2.10. The van der Waals surface area contributed by atoms with Crippen LogP contribution in [-0.2, 0) is 17.3 Å². The number of ether oxygens (including phenoxy) is 1. The Hall–Kier alpha value is -1.03. The first-order valence-corrected chi connectivity index (χ1v) is 4.11. The highest BCUT2D eigenvalue weighted by atomic mass is 19.4. The zero-order valence-corrected chi connectivity index (χ0v) is 7.69. The van der Waals surface area contributed by atoms with Crippen molar-refractivity contribution in [2.45, 2.75) is 12.6 Å². The molecule has 0 saturated carbocycles. The largest absolute Gasteiger partial charge is 0.416 e.